The summed E-state index contributed by atoms with van der Waals surface area (Å²) in [5.74, 6) is 4.14. The van der Waals surface area contributed by atoms with Gasteiger partial charge in [-0.1, -0.05) is 12.1 Å². The fourth-order valence-electron chi connectivity index (χ4n) is 1.33. The summed E-state index contributed by atoms with van der Waals surface area (Å²) < 4.78 is 19.8. The molecule has 0 fully saturated rings. The molecular formula is C11H11FN4O2. The number of rotatable bonds is 4. The highest BCUT2D eigenvalue weighted by Crippen LogP contribution is 2.15. The van der Waals surface area contributed by atoms with Crippen molar-refractivity contribution in [3.8, 4) is 5.75 Å². The van der Waals surface area contributed by atoms with Crippen LogP contribution in [0.25, 0.3) is 0 Å². The van der Waals surface area contributed by atoms with Gasteiger partial charge in [-0.05, 0) is 18.2 Å². The van der Waals surface area contributed by atoms with Crippen LogP contribution in [0.1, 0.15) is 10.5 Å². The zero-order chi connectivity index (χ0) is 13.0. The van der Waals surface area contributed by atoms with E-state index in [-0.39, 0.29) is 18.2 Å². The number of hydrogen-bond donors (Lipinski definition) is 2. The fourth-order valence-corrected chi connectivity index (χ4v) is 1.33. The number of hydrazine groups is 1. The van der Waals surface area contributed by atoms with Crippen molar-refractivity contribution in [2.24, 2.45) is 5.84 Å². The quantitative estimate of drug-likeness (QED) is 0.474. The summed E-state index contributed by atoms with van der Waals surface area (Å²) in [7, 11) is 0. The minimum atomic E-state index is -0.500. The van der Waals surface area contributed by atoms with Crippen LogP contribution < -0.4 is 16.0 Å². The first-order valence-electron chi connectivity index (χ1n) is 5.12. The first-order chi connectivity index (χ1) is 8.70. The Morgan fingerprint density at radius 3 is 2.94 bits per heavy atom. The maximum Gasteiger partial charge on any atom is 0.285 e. The van der Waals surface area contributed by atoms with Crippen LogP contribution in [0.15, 0.2) is 36.5 Å². The number of carbonyl (C=O) groups excluding carboxylic acids is 1. The van der Waals surface area contributed by atoms with E-state index in [1.165, 1.54) is 29.1 Å². The molecule has 0 radical (unpaired) electrons. The number of nitrogens with zero attached hydrogens (tertiary/aromatic N) is 2. The smallest absolute Gasteiger partial charge is 0.285 e. The molecule has 1 aromatic heterocycles. The van der Waals surface area contributed by atoms with Crippen molar-refractivity contribution in [1.29, 1.82) is 0 Å². The second-order valence-corrected chi connectivity index (χ2v) is 3.42. The highest BCUT2D eigenvalue weighted by atomic mass is 19.1. The van der Waals surface area contributed by atoms with Crippen molar-refractivity contribution >= 4 is 5.91 Å². The van der Waals surface area contributed by atoms with Crippen molar-refractivity contribution in [2.45, 2.75) is 6.73 Å². The van der Waals surface area contributed by atoms with Gasteiger partial charge in [-0.2, -0.15) is 5.10 Å². The Hall–Kier alpha value is -2.41. The molecule has 0 saturated heterocycles. The Bertz CT molecular complexity index is 555. The highest BCUT2D eigenvalue weighted by molar-refractivity contribution is 5.91. The Morgan fingerprint density at radius 1 is 1.44 bits per heavy atom. The summed E-state index contributed by atoms with van der Waals surface area (Å²) in [6.45, 7) is -0.00121. The number of carbonyl (C=O) groups is 1. The van der Waals surface area contributed by atoms with Crippen LogP contribution in [0.2, 0.25) is 0 Å². The van der Waals surface area contributed by atoms with E-state index in [9.17, 15) is 9.18 Å². The third-order valence-corrected chi connectivity index (χ3v) is 2.19. The van der Waals surface area contributed by atoms with Crippen LogP contribution in [-0.4, -0.2) is 15.7 Å². The maximum atomic E-state index is 13.2. The number of nitrogens with one attached hydrogen (secondary N) is 1. The first-order valence-corrected chi connectivity index (χ1v) is 5.12. The molecule has 3 N–H and O–H groups in total. The molecular weight excluding hydrogens is 239 g/mol. The highest BCUT2D eigenvalue weighted by Gasteiger charge is 2.08. The van der Waals surface area contributed by atoms with Crippen molar-refractivity contribution in [1.82, 2.24) is 15.2 Å². The number of hydrogen-bond acceptors (Lipinski definition) is 4. The predicted molar refractivity (Wildman–Crippen MR) is 60.9 cm³/mol. The Morgan fingerprint density at radius 2 is 2.22 bits per heavy atom. The number of nitrogens with two attached hydrogens (primary N) is 1. The van der Waals surface area contributed by atoms with Crippen LogP contribution in [0, 0.1) is 5.82 Å². The molecule has 0 unspecified atom stereocenters. The monoisotopic (exact) mass is 250 g/mol. The SMILES string of the molecule is NNC(=O)c1ccn(COc2ccccc2F)n1. The van der Waals surface area contributed by atoms with E-state index in [1.54, 1.807) is 12.1 Å². The molecule has 0 atom stereocenters. The molecule has 18 heavy (non-hydrogen) atoms. The summed E-state index contributed by atoms with van der Waals surface area (Å²) >= 11 is 0. The van der Waals surface area contributed by atoms with Crippen molar-refractivity contribution in [3.63, 3.8) is 0 Å². The minimum absolute atomic E-state index is 0.00121. The number of para-hydroxylation sites is 1. The number of ether oxygens (including phenoxy) is 1. The molecule has 6 nitrogen and oxygen atoms in total. The van der Waals surface area contributed by atoms with Gasteiger partial charge in [-0.3, -0.25) is 10.2 Å². The molecule has 1 heterocycles. The lowest BCUT2D eigenvalue weighted by molar-refractivity contribution is 0.0946. The molecule has 0 aliphatic heterocycles. The fraction of sp³-hybridized carbons (Fsp3) is 0.0909. The van der Waals surface area contributed by atoms with Gasteiger partial charge < -0.3 is 4.74 Å². The van der Waals surface area contributed by atoms with Crippen molar-refractivity contribution in [2.75, 3.05) is 0 Å². The molecule has 0 aliphatic rings. The first kappa shape index (κ1) is 12.1. The minimum Gasteiger partial charge on any atom is -0.468 e. The van der Waals surface area contributed by atoms with Gasteiger partial charge in [0, 0.05) is 6.20 Å². The molecule has 2 rings (SSSR count). The standard InChI is InChI=1S/C11H11FN4O2/c12-8-3-1-2-4-10(8)18-7-16-6-5-9(15-16)11(17)14-13/h1-6H,7,13H2,(H,14,17). The molecule has 1 amide bonds. The molecule has 0 aliphatic carbocycles. The van der Waals surface area contributed by atoms with Crippen LogP contribution in [0.5, 0.6) is 5.75 Å². The molecule has 1 aromatic carbocycles. The lowest BCUT2D eigenvalue weighted by Gasteiger charge is -2.06. The van der Waals surface area contributed by atoms with Gasteiger partial charge in [-0.25, -0.2) is 14.9 Å². The summed E-state index contributed by atoms with van der Waals surface area (Å²) in [6.07, 6.45) is 1.53. The van der Waals surface area contributed by atoms with Crippen LogP contribution >= 0.6 is 0 Å². The van der Waals surface area contributed by atoms with Gasteiger partial charge in [0.15, 0.2) is 24.0 Å². The zero-order valence-electron chi connectivity index (χ0n) is 9.34. The van der Waals surface area contributed by atoms with E-state index in [0.29, 0.717) is 0 Å². The lowest BCUT2D eigenvalue weighted by atomic mass is 10.3. The van der Waals surface area contributed by atoms with E-state index in [4.69, 9.17) is 10.6 Å². The van der Waals surface area contributed by atoms with Gasteiger partial charge in [0.2, 0.25) is 0 Å². The van der Waals surface area contributed by atoms with Crippen molar-refractivity contribution < 1.29 is 13.9 Å². The average molecular weight is 250 g/mol. The van der Waals surface area contributed by atoms with Gasteiger partial charge in [0.25, 0.3) is 5.91 Å². The van der Waals surface area contributed by atoms with Crippen LogP contribution in [-0.2, 0) is 6.73 Å². The van der Waals surface area contributed by atoms with Gasteiger partial charge in [0.05, 0.1) is 0 Å². The number of aromatic nitrogens is 2. The summed E-state index contributed by atoms with van der Waals surface area (Å²) in [5, 5.41) is 3.90. The largest absolute Gasteiger partial charge is 0.468 e. The van der Waals surface area contributed by atoms with Gasteiger partial charge >= 0.3 is 0 Å². The Balaban J connectivity index is 2.01. The molecule has 0 spiro atoms. The lowest BCUT2D eigenvalue weighted by Crippen LogP contribution is -2.30. The van der Waals surface area contributed by atoms with E-state index in [1.807, 2.05) is 5.43 Å². The second kappa shape index (κ2) is 5.28. The van der Waals surface area contributed by atoms with Gasteiger partial charge in [0.1, 0.15) is 0 Å². The number of halogens is 1. The average Bonchev–Trinajstić information content (AvgIpc) is 2.86. The molecule has 94 valence electrons. The topological polar surface area (TPSA) is 82.2 Å². The number of amides is 1. The molecule has 7 heteroatoms. The maximum absolute atomic E-state index is 13.2. The molecule has 0 bridgehead atoms. The van der Waals surface area contributed by atoms with E-state index in [0.717, 1.165) is 0 Å². The summed E-state index contributed by atoms with van der Waals surface area (Å²) in [6, 6.07) is 7.51. The van der Waals surface area contributed by atoms with Crippen molar-refractivity contribution in [3.05, 3.63) is 48.0 Å². The van der Waals surface area contributed by atoms with E-state index in [2.05, 4.69) is 5.10 Å². The molecule has 2 aromatic rings. The second-order valence-electron chi connectivity index (χ2n) is 3.42. The normalized spacial score (nSPS) is 10.1. The third-order valence-electron chi connectivity index (χ3n) is 2.19. The summed E-state index contributed by atoms with van der Waals surface area (Å²) in [5.41, 5.74) is 2.12. The molecule has 0 saturated carbocycles. The van der Waals surface area contributed by atoms with E-state index >= 15 is 0 Å². The number of nitrogen functional groups attached to an aromatic ring is 1. The van der Waals surface area contributed by atoms with Gasteiger partial charge in [-0.15, -0.1) is 0 Å². The van der Waals surface area contributed by atoms with Crippen LogP contribution in [0.4, 0.5) is 4.39 Å². The Labute approximate surface area is 102 Å². The Kier molecular flexibility index (Phi) is 3.54. The van der Waals surface area contributed by atoms with E-state index < -0.39 is 11.7 Å². The zero-order valence-corrected chi connectivity index (χ0v) is 9.34. The summed E-state index contributed by atoms with van der Waals surface area (Å²) in [4.78, 5) is 11.1. The predicted octanol–water partition coefficient (Wildman–Crippen LogP) is 0.662. The third kappa shape index (κ3) is 2.64. The number of benzene rings is 1. The van der Waals surface area contributed by atoms with Crippen LogP contribution in [0.3, 0.4) is 0 Å².